The molecule has 0 rings (SSSR count). The summed E-state index contributed by atoms with van der Waals surface area (Å²) in [5.41, 5.74) is 0. The van der Waals surface area contributed by atoms with E-state index in [9.17, 15) is 4.57 Å². The summed E-state index contributed by atoms with van der Waals surface area (Å²) in [7, 11) is -1.36. The van der Waals surface area contributed by atoms with Crippen LogP contribution >= 0.6 is 8.03 Å². The van der Waals surface area contributed by atoms with Crippen LogP contribution in [0.5, 0.6) is 0 Å². The molecule has 0 amide bonds. The smallest absolute Gasteiger partial charge is 0.146 e. The fraction of sp³-hybridized carbons (Fsp3) is 1.00. The van der Waals surface area contributed by atoms with Crippen molar-refractivity contribution >= 4 is 25.4 Å². The molecule has 0 aliphatic heterocycles. The highest BCUT2D eigenvalue weighted by atomic mass is 31.1. The summed E-state index contributed by atoms with van der Waals surface area (Å²) >= 11 is 0. The van der Waals surface area contributed by atoms with E-state index >= 15 is 0 Å². The third-order valence-electron chi connectivity index (χ3n) is 0.810. The number of hydrogen-bond acceptors (Lipinski definition) is 2. The summed E-state index contributed by atoms with van der Waals surface area (Å²) in [6, 6.07) is 0. The van der Waals surface area contributed by atoms with Crippen LogP contribution in [-0.4, -0.2) is 30.1 Å². The summed E-state index contributed by atoms with van der Waals surface area (Å²) in [5.74, 6) is 0.482. The van der Waals surface area contributed by atoms with Crippen molar-refractivity contribution in [2.45, 2.75) is 20.8 Å². The van der Waals surface area contributed by atoms with E-state index in [0.29, 0.717) is 18.7 Å². The zero-order valence-electron chi connectivity index (χ0n) is 6.26. The number of hydrogen-bond donors (Lipinski definition) is 0. The number of rotatable bonds is 4. The zero-order valence-corrected chi connectivity index (χ0v) is 7.15. The van der Waals surface area contributed by atoms with Gasteiger partial charge in [-0.2, -0.15) is 0 Å². The molecule has 0 N–H and O–H groups in total. The summed E-state index contributed by atoms with van der Waals surface area (Å²) in [4.78, 5) is 0. The first-order valence-electron chi connectivity index (χ1n) is 3.24. The lowest BCUT2D eigenvalue weighted by Gasteiger charge is -1.94. The molecule has 0 bridgehead atoms. The van der Waals surface area contributed by atoms with Crippen molar-refractivity contribution in [3.63, 3.8) is 0 Å². The summed E-state index contributed by atoms with van der Waals surface area (Å²) in [6.07, 6.45) is 0.627. The average Bonchev–Trinajstić information content (AvgIpc) is 1.83. The van der Waals surface area contributed by atoms with Gasteiger partial charge in [0.15, 0.2) is 23.5 Å². The van der Waals surface area contributed by atoms with Crippen LogP contribution in [-0.2, 0) is 9.09 Å². The molecule has 1 unspecified atom stereocenters. The molecule has 0 aliphatic rings. The first kappa shape index (κ1) is 13.2. The van der Waals surface area contributed by atoms with Gasteiger partial charge in [-0.05, 0) is 17.4 Å². The average molecular weight is 179 g/mol. The minimum absolute atomic E-state index is 0. The molecule has 0 spiro atoms. The van der Waals surface area contributed by atoms with Crippen LogP contribution in [0.2, 0.25) is 0 Å². The van der Waals surface area contributed by atoms with Gasteiger partial charge >= 0.3 is 8.03 Å². The van der Waals surface area contributed by atoms with Crippen LogP contribution in [0.4, 0.5) is 0 Å². The zero-order chi connectivity index (χ0) is 7.28. The highest BCUT2D eigenvalue weighted by molar-refractivity contribution is 7.39. The van der Waals surface area contributed by atoms with Crippen molar-refractivity contribution in [1.82, 2.24) is 0 Å². The molecule has 0 aromatic carbocycles. The normalized spacial score (nSPS) is 11.0. The predicted octanol–water partition coefficient (Wildman–Crippen LogP) is 1.24. The molecule has 0 saturated heterocycles. The molecule has 60 valence electrons. The monoisotopic (exact) mass is 179 g/mol. The largest absolute Gasteiger partial charge is 0.507 e. The van der Waals surface area contributed by atoms with Crippen molar-refractivity contribution in [1.29, 1.82) is 0 Å². The molecular formula is C6H17AlO2P+. The minimum atomic E-state index is -1.36. The van der Waals surface area contributed by atoms with E-state index in [0.717, 1.165) is 0 Å². The van der Waals surface area contributed by atoms with E-state index in [1.165, 1.54) is 0 Å². The third-order valence-corrected chi connectivity index (χ3v) is 1.76. The van der Waals surface area contributed by atoms with Crippen molar-refractivity contribution < 1.29 is 9.09 Å². The molecule has 2 nitrogen and oxygen atoms in total. The molecule has 0 radical (unpaired) electrons. The van der Waals surface area contributed by atoms with Gasteiger partial charge in [-0.25, -0.2) is 0 Å². The van der Waals surface area contributed by atoms with Crippen molar-refractivity contribution in [3.05, 3.63) is 0 Å². The van der Waals surface area contributed by atoms with Crippen molar-refractivity contribution in [2.24, 2.45) is 5.92 Å². The Labute approximate surface area is 74.3 Å². The highest BCUT2D eigenvalue weighted by Gasteiger charge is 2.12. The quantitative estimate of drug-likeness (QED) is 0.479. The van der Waals surface area contributed by atoms with Gasteiger partial charge in [0.1, 0.15) is 6.61 Å². The summed E-state index contributed by atoms with van der Waals surface area (Å²) in [6.45, 7) is 6.56. The van der Waals surface area contributed by atoms with Gasteiger partial charge in [-0.3, -0.25) is 0 Å². The van der Waals surface area contributed by atoms with Gasteiger partial charge in [-0.1, -0.05) is 13.8 Å². The van der Waals surface area contributed by atoms with Crippen molar-refractivity contribution in [2.75, 3.05) is 12.8 Å². The molecule has 4 heteroatoms. The summed E-state index contributed by atoms with van der Waals surface area (Å²) < 4.78 is 15.6. The van der Waals surface area contributed by atoms with Crippen LogP contribution in [0.3, 0.4) is 0 Å². The highest BCUT2D eigenvalue weighted by Crippen LogP contribution is 2.21. The van der Waals surface area contributed by atoms with Gasteiger partial charge in [0.2, 0.25) is 0 Å². The minimum Gasteiger partial charge on any atom is -0.146 e. The fourth-order valence-electron chi connectivity index (χ4n) is 0.323. The lowest BCUT2D eigenvalue weighted by molar-refractivity contribution is 0.283. The maximum atomic E-state index is 10.6. The molecule has 0 aromatic rings. The third kappa shape index (κ3) is 8.59. The molecule has 0 saturated carbocycles. The van der Waals surface area contributed by atoms with Crippen LogP contribution in [0.25, 0.3) is 0 Å². The lowest BCUT2D eigenvalue weighted by atomic mass is 10.2. The molecule has 0 aromatic heterocycles. The van der Waals surface area contributed by atoms with Gasteiger partial charge < -0.3 is 0 Å². The standard InChI is InChI=1S/C6H14O2P.Al.3H/c1-4-9(7)8-5-6(2)3;;;;/h6H,4-5H2,1-3H3;;;;/q+1;;;;. The fourth-order valence-corrected chi connectivity index (χ4v) is 0.970. The van der Waals surface area contributed by atoms with E-state index < -0.39 is 8.03 Å². The van der Waals surface area contributed by atoms with E-state index in [1.807, 2.05) is 20.8 Å². The second kappa shape index (κ2) is 7.70. The second-order valence-corrected chi connectivity index (χ2v) is 3.89. The molecule has 0 aliphatic carbocycles. The molecule has 1 atom stereocenters. The van der Waals surface area contributed by atoms with E-state index in [4.69, 9.17) is 4.52 Å². The SMILES string of the molecule is CC[P+](=O)OCC(C)C.[AlH3]. The first-order valence-corrected chi connectivity index (χ1v) is 4.60. The Morgan fingerprint density at radius 1 is 1.50 bits per heavy atom. The van der Waals surface area contributed by atoms with Crippen LogP contribution < -0.4 is 0 Å². The maximum Gasteiger partial charge on any atom is 0.507 e. The summed E-state index contributed by atoms with van der Waals surface area (Å²) in [5, 5.41) is 0. The Hall–Kier alpha value is 0.592. The van der Waals surface area contributed by atoms with Gasteiger partial charge in [0.25, 0.3) is 0 Å². The Morgan fingerprint density at radius 2 is 2.00 bits per heavy atom. The Balaban J connectivity index is 0. The van der Waals surface area contributed by atoms with Crippen LogP contribution in [0.15, 0.2) is 0 Å². The van der Waals surface area contributed by atoms with Crippen LogP contribution in [0, 0.1) is 5.92 Å². The van der Waals surface area contributed by atoms with E-state index in [1.54, 1.807) is 0 Å². The van der Waals surface area contributed by atoms with E-state index in [-0.39, 0.29) is 17.4 Å². The molecule has 0 heterocycles. The Bertz CT molecular complexity index is 95.7. The van der Waals surface area contributed by atoms with Gasteiger partial charge in [-0.15, -0.1) is 4.52 Å². The molecule has 0 fully saturated rings. The van der Waals surface area contributed by atoms with Crippen LogP contribution in [0.1, 0.15) is 20.8 Å². The predicted molar refractivity (Wildman–Crippen MR) is 48.9 cm³/mol. The Morgan fingerprint density at radius 3 is 2.30 bits per heavy atom. The van der Waals surface area contributed by atoms with Gasteiger partial charge in [0.05, 0.1) is 0 Å². The topological polar surface area (TPSA) is 26.3 Å². The second-order valence-electron chi connectivity index (χ2n) is 2.34. The molecule has 10 heavy (non-hydrogen) atoms. The van der Waals surface area contributed by atoms with E-state index in [2.05, 4.69) is 0 Å². The Kier molecular flexibility index (Phi) is 10.2. The van der Waals surface area contributed by atoms with Crippen molar-refractivity contribution in [3.8, 4) is 0 Å². The molecular weight excluding hydrogens is 162 g/mol. The maximum absolute atomic E-state index is 10.6. The lowest BCUT2D eigenvalue weighted by Crippen LogP contribution is -1.96. The van der Waals surface area contributed by atoms with Gasteiger partial charge in [0, 0.05) is 0 Å². The first-order chi connectivity index (χ1) is 4.16.